The second-order valence-electron chi connectivity index (χ2n) is 4.76. The van der Waals surface area contributed by atoms with Crippen LogP contribution < -0.4 is 5.32 Å². The molecule has 1 heterocycles. The van der Waals surface area contributed by atoms with Crippen molar-refractivity contribution in [1.29, 1.82) is 0 Å². The Kier molecular flexibility index (Phi) is 4.50. The second-order valence-corrected chi connectivity index (χ2v) is 5.16. The van der Waals surface area contributed by atoms with Crippen LogP contribution >= 0.6 is 11.6 Å². The zero-order chi connectivity index (χ0) is 13.8. The lowest BCUT2D eigenvalue weighted by Gasteiger charge is -2.10. The summed E-state index contributed by atoms with van der Waals surface area (Å²) >= 11 is 6.03. The van der Waals surface area contributed by atoms with Gasteiger partial charge in [-0.3, -0.25) is 0 Å². The van der Waals surface area contributed by atoms with Crippen LogP contribution in [0.3, 0.4) is 0 Å². The maximum Gasteiger partial charge on any atom is 0.124 e. The van der Waals surface area contributed by atoms with Crippen LogP contribution in [0.15, 0.2) is 24.4 Å². The molecule has 1 aromatic heterocycles. The van der Waals surface area contributed by atoms with Gasteiger partial charge in [0.25, 0.3) is 0 Å². The summed E-state index contributed by atoms with van der Waals surface area (Å²) < 4.78 is 14.7. The van der Waals surface area contributed by atoms with Crippen LogP contribution in [0.25, 0.3) is 5.69 Å². The van der Waals surface area contributed by atoms with E-state index in [0.717, 1.165) is 12.2 Å². The molecule has 0 amide bonds. The van der Waals surface area contributed by atoms with Crippen LogP contribution in [0.5, 0.6) is 0 Å². The van der Waals surface area contributed by atoms with E-state index in [9.17, 15) is 4.39 Å². The molecule has 0 spiro atoms. The molecular formula is C13H16ClFN4. The molecule has 19 heavy (non-hydrogen) atoms. The predicted octanol–water partition coefficient (Wildman–Crippen LogP) is 2.81. The Morgan fingerprint density at radius 3 is 2.89 bits per heavy atom. The molecule has 0 aliphatic carbocycles. The Hall–Kier alpha value is -1.46. The van der Waals surface area contributed by atoms with E-state index < -0.39 is 0 Å². The van der Waals surface area contributed by atoms with Gasteiger partial charge in [-0.2, -0.15) is 0 Å². The molecule has 0 unspecified atom stereocenters. The van der Waals surface area contributed by atoms with Crippen molar-refractivity contribution in [2.45, 2.75) is 20.4 Å². The third kappa shape index (κ3) is 3.52. The molecule has 0 radical (unpaired) electrons. The van der Waals surface area contributed by atoms with Crippen molar-refractivity contribution in [3.05, 3.63) is 40.9 Å². The molecule has 6 heteroatoms. The molecule has 0 saturated carbocycles. The Morgan fingerprint density at radius 2 is 2.21 bits per heavy atom. The first-order valence-electron chi connectivity index (χ1n) is 6.13. The maximum atomic E-state index is 13.0. The molecule has 0 bridgehead atoms. The van der Waals surface area contributed by atoms with E-state index in [1.807, 2.05) is 0 Å². The molecule has 102 valence electrons. The number of hydrogen-bond donors (Lipinski definition) is 1. The average Bonchev–Trinajstić information content (AvgIpc) is 2.77. The minimum absolute atomic E-state index is 0.315. The van der Waals surface area contributed by atoms with Gasteiger partial charge in [-0.1, -0.05) is 30.7 Å². The SMILES string of the molecule is CC(C)CNCc1cnnn1-c1ccc(F)cc1Cl. The molecule has 4 nitrogen and oxygen atoms in total. The molecule has 2 aromatic rings. The number of halogens is 2. The van der Waals surface area contributed by atoms with Crippen molar-refractivity contribution >= 4 is 11.6 Å². The van der Waals surface area contributed by atoms with Crippen LogP contribution in [0.2, 0.25) is 5.02 Å². The van der Waals surface area contributed by atoms with Crippen molar-refractivity contribution in [3.63, 3.8) is 0 Å². The van der Waals surface area contributed by atoms with E-state index in [0.29, 0.717) is 23.2 Å². The number of nitrogens with one attached hydrogen (secondary N) is 1. The molecule has 0 fully saturated rings. The standard InChI is InChI=1S/C13H16ClFN4/c1-9(2)6-16-7-11-8-17-18-19(11)13-4-3-10(15)5-12(13)14/h3-5,8-9,16H,6-7H2,1-2H3. The van der Waals surface area contributed by atoms with Gasteiger partial charge in [0, 0.05) is 6.54 Å². The summed E-state index contributed by atoms with van der Waals surface area (Å²) in [7, 11) is 0. The first kappa shape index (κ1) is 14.0. The minimum Gasteiger partial charge on any atom is -0.311 e. The smallest absolute Gasteiger partial charge is 0.124 e. The first-order valence-corrected chi connectivity index (χ1v) is 6.51. The first-order chi connectivity index (χ1) is 9.08. The molecule has 0 aliphatic heterocycles. The van der Waals surface area contributed by atoms with Gasteiger partial charge in [0.05, 0.1) is 22.6 Å². The molecule has 2 rings (SSSR count). The lowest BCUT2D eigenvalue weighted by molar-refractivity contribution is 0.542. The van der Waals surface area contributed by atoms with Crippen molar-refractivity contribution in [3.8, 4) is 5.69 Å². The average molecular weight is 283 g/mol. The highest BCUT2D eigenvalue weighted by molar-refractivity contribution is 6.32. The summed E-state index contributed by atoms with van der Waals surface area (Å²) in [5, 5.41) is 11.5. The summed E-state index contributed by atoms with van der Waals surface area (Å²) in [5.74, 6) is 0.201. The van der Waals surface area contributed by atoms with Crippen molar-refractivity contribution in [2.24, 2.45) is 5.92 Å². The quantitative estimate of drug-likeness (QED) is 0.917. The van der Waals surface area contributed by atoms with Gasteiger partial charge >= 0.3 is 0 Å². The molecule has 1 aromatic carbocycles. The largest absolute Gasteiger partial charge is 0.311 e. The molecular weight excluding hydrogens is 267 g/mol. The third-order valence-electron chi connectivity index (χ3n) is 2.62. The fourth-order valence-corrected chi connectivity index (χ4v) is 1.97. The van der Waals surface area contributed by atoms with E-state index in [1.54, 1.807) is 16.9 Å². The lowest BCUT2D eigenvalue weighted by atomic mass is 10.2. The zero-order valence-electron chi connectivity index (χ0n) is 10.9. The van der Waals surface area contributed by atoms with Crippen molar-refractivity contribution < 1.29 is 4.39 Å². The van der Waals surface area contributed by atoms with Crippen LogP contribution in [0.4, 0.5) is 4.39 Å². The molecule has 0 aliphatic rings. The van der Waals surface area contributed by atoms with Crippen LogP contribution in [-0.2, 0) is 6.54 Å². The Morgan fingerprint density at radius 1 is 1.42 bits per heavy atom. The van der Waals surface area contributed by atoms with Gasteiger partial charge in [-0.05, 0) is 30.7 Å². The number of hydrogen-bond acceptors (Lipinski definition) is 3. The zero-order valence-corrected chi connectivity index (χ0v) is 11.7. The number of nitrogens with zero attached hydrogens (tertiary/aromatic N) is 3. The van der Waals surface area contributed by atoms with Gasteiger partial charge in [0.2, 0.25) is 0 Å². The summed E-state index contributed by atoms with van der Waals surface area (Å²) in [5.41, 5.74) is 1.51. The van der Waals surface area contributed by atoms with Gasteiger partial charge in [-0.15, -0.1) is 5.10 Å². The summed E-state index contributed by atoms with van der Waals surface area (Å²) in [6.07, 6.45) is 1.67. The summed E-state index contributed by atoms with van der Waals surface area (Å²) in [6.45, 7) is 5.82. The Balaban J connectivity index is 2.19. The number of benzene rings is 1. The fourth-order valence-electron chi connectivity index (χ4n) is 1.72. The third-order valence-corrected chi connectivity index (χ3v) is 2.92. The normalized spacial score (nSPS) is 11.2. The monoisotopic (exact) mass is 282 g/mol. The van der Waals surface area contributed by atoms with Gasteiger partial charge in [0.1, 0.15) is 5.82 Å². The lowest BCUT2D eigenvalue weighted by Crippen LogP contribution is -2.20. The second kappa shape index (κ2) is 6.12. The van der Waals surface area contributed by atoms with Crippen LogP contribution in [0.1, 0.15) is 19.5 Å². The number of aromatic nitrogens is 3. The Labute approximate surface area is 116 Å². The van der Waals surface area contributed by atoms with E-state index in [-0.39, 0.29) is 5.82 Å². The highest BCUT2D eigenvalue weighted by atomic mass is 35.5. The number of rotatable bonds is 5. The molecule has 1 N–H and O–H groups in total. The summed E-state index contributed by atoms with van der Waals surface area (Å²) in [4.78, 5) is 0. The maximum absolute atomic E-state index is 13.0. The van der Waals surface area contributed by atoms with Crippen LogP contribution in [-0.4, -0.2) is 21.5 Å². The molecule has 0 saturated heterocycles. The highest BCUT2D eigenvalue weighted by Gasteiger charge is 2.10. The minimum atomic E-state index is -0.367. The molecule has 0 atom stereocenters. The van der Waals surface area contributed by atoms with E-state index in [1.165, 1.54) is 12.1 Å². The van der Waals surface area contributed by atoms with Gasteiger partial charge in [-0.25, -0.2) is 9.07 Å². The fraction of sp³-hybridized carbons (Fsp3) is 0.385. The van der Waals surface area contributed by atoms with E-state index >= 15 is 0 Å². The van der Waals surface area contributed by atoms with Gasteiger partial charge < -0.3 is 5.32 Å². The predicted molar refractivity (Wildman–Crippen MR) is 72.9 cm³/mol. The topological polar surface area (TPSA) is 42.7 Å². The van der Waals surface area contributed by atoms with E-state index in [4.69, 9.17) is 11.6 Å². The summed E-state index contributed by atoms with van der Waals surface area (Å²) in [6, 6.07) is 4.22. The van der Waals surface area contributed by atoms with E-state index in [2.05, 4.69) is 29.5 Å². The van der Waals surface area contributed by atoms with Gasteiger partial charge in [0.15, 0.2) is 0 Å². The highest BCUT2D eigenvalue weighted by Crippen LogP contribution is 2.21. The van der Waals surface area contributed by atoms with Crippen molar-refractivity contribution in [1.82, 2.24) is 20.3 Å². The Bertz CT molecular complexity index is 553. The van der Waals surface area contributed by atoms with Crippen molar-refractivity contribution in [2.75, 3.05) is 6.54 Å². The van der Waals surface area contributed by atoms with Crippen LogP contribution in [0, 0.1) is 11.7 Å².